The van der Waals surface area contributed by atoms with Crippen LogP contribution < -0.4 is 5.32 Å². The number of thiazole rings is 1. The van der Waals surface area contributed by atoms with Gasteiger partial charge >= 0.3 is 12.1 Å². The van der Waals surface area contributed by atoms with Gasteiger partial charge in [0.1, 0.15) is 9.87 Å². The summed E-state index contributed by atoms with van der Waals surface area (Å²) in [5.41, 5.74) is -0.248. The zero-order chi connectivity index (χ0) is 21.3. The Hall–Kier alpha value is -2.76. The van der Waals surface area contributed by atoms with Gasteiger partial charge in [0, 0.05) is 5.69 Å². The Morgan fingerprint density at radius 1 is 1.14 bits per heavy atom. The van der Waals surface area contributed by atoms with Crippen molar-refractivity contribution in [2.45, 2.75) is 6.18 Å². The van der Waals surface area contributed by atoms with Gasteiger partial charge in [-0.3, -0.25) is 4.57 Å². The summed E-state index contributed by atoms with van der Waals surface area (Å²) in [6, 6.07) is 10.2. The number of benzene rings is 2. The van der Waals surface area contributed by atoms with Crippen LogP contribution in [0.4, 0.5) is 18.9 Å². The molecule has 0 spiro atoms. The fraction of sp³-hybridized carbons (Fsp3) is 0.0556. The van der Waals surface area contributed by atoms with E-state index in [0.717, 1.165) is 28.0 Å². The third-order valence-electron chi connectivity index (χ3n) is 3.81. The Bertz CT molecular complexity index is 1150. The largest absolute Gasteiger partial charge is 0.493 e. The molecule has 5 nitrogen and oxygen atoms in total. The van der Waals surface area contributed by atoms with E-state index in [1.807, 2.05) is 0 Å². The molecule has 0 aliphatic carbocycles. The lowest BCUT2D eigenvalue weighted by atomic mass is 10.2. The van der Waals surface area contributed by atoms with E-state index in [1.165, 1.54) is 36.4 Å². The molecule has 1 heterocycles. The fourth-order valence-corrected chi connectivity index (χ4v) is 4.01. The molecule has 0 aliphatic rings. The number of alkyl halides is 3. The lowest BCUT2D eigenvalue weighted by molar-refractivity contribution is -0.137. The van der Waals surface area contributed by atoms with E-state index < -0.39 is 17.7 Å². The van der Waals surface area contributed by atoms with Gasteiger partial charge in [0.15, 0.2) is 3.95 Å². The molecule has 0 amide bonds. The third kappa shape index (κ3) is 4.47. The molecule has 29 heavy (non-hydrogen) atoms. The topological polar surface area (TPSA) is 74.5 Å². The number of carboxylic acids is 1. The molecule has 150 valence electrons. The molecule has 0 fully saturated rings. The molecule has 0 bridgehead atoms. The number of hydrogen-bond donors (Lipinski definition) is 3. The monoisotopic (exact) mass is 456 g/mol. The van der Waals surface area contributed by atoms with Crippen LogP contribution in [-0.2, 0) is 6.18 Å². The standard InChI is InChI=1S/C18H11F3N2O3S3/c19-18(20,21)10-2-1-3-12(8-10)23-15(24)13(29-17(23)28)14(27)22-11-6-4-9(5-7-11)16(25)26/h1-8,24H,(H,22,27)(H,25,26). The highest BCUT2D eigenvalue weighted by Crippen LogP contribution is 2.34. The number of carboxylic acid groups (broad SMARTS) is 1. The van der Waals surface area contributed by atoms with E-state index in [2.05, 4.69) is 5.32 Å². The van der Waals surface area contributed by atoms with E-state index in [0.29, 0.717) is 5.69 Å². The molecule has 0 radical (unpaired) electrons. The normalized spacial score (nSPS) is 11.3. The van der Waals surface area contributed by atoms with Gasteiger partial charge in [0.2, 0.25) is 5.88 Å². The quantitative estimate of drug-likeness (QED) is 0.452. The molecule has 0 aliphatic heterocycles. The molecule has 11 heteroatoms. The number of nitrogens with zero attached hydrogens (tertiary/aromatic N) is 1. The first kappa shape index (κ1) is 21.0. The van der Waals surface area contributed by atoms with Crippen LogP contribution in [0.25, 0.3) is 5.69 Å². The summed E-state index contributed by atoms with van der Waals surface area (Å²) in [5.74, 6) is -1.47. The van der Waals surface area contributed by atoms with Crippen LogP contribution in [-0.4, -0.2) is 25.7 Å². The second-order valence-electron chi connectivity index (χ2n) is 5.74. The minimum absolute atomic E-state index is 0.0541. The van der Waals surface area contributed by atoms with E-state index in [4.69, 9.17) is 29.5 Å². The highest BCUT2D eigenvalue weighted by Gasteiger charge is 2.31. The lowest BCUT2D eigenvalue weighted by Gasteiger charge is -2.11. The highest BCUT2D eigenvalue weighted by atomic mass is 32.1. The summed E-state index contributed by atoms with van der Waals surface area (Å²) in [7, 11) is 0. The number of thiocarbonyl (C=S) groups is 1. The highest BCUT2D eigenvalue weighted by molar-refractivity contribution is 7.81. The van der Waals surface area contributed by atoms with Crippen LogP contribution in [0.1, 0.15) is 20.8 Å². The Balaban J connectivity index is 1.92. The van der Waals surface area contributed by atoms with Crippen molar-refractivity contribution in [3.05, 3.63) is 68.5 Å². The minimum Gasteiger partial charge on any atom is -0.493 e. The summed E-state index contributed by atoms with van der Waals surface area (Å²) in [6.07, 6.45) is -4.54. The van der Waals surface area contributed by atoms with E-state index >= 15 is 0 Å². The van der Waals surface area contributed by atoms with Gasteiger partial charge in [0.05, 0.1) is 16.8 Å². The molecule has 0 saturated carbocycles. The van der Waals surface area contributed by atoms with Crippen molar-refractivity contribution in [3.8, 4) is 11.6 Å². The van der Waals surface area contributed by atoms with Crippen LogP contribution in [0.2, 0.25) is 0 Å². The van der Waals surface area contributed by atoms with Crippen LogP contribution in [0.5, 0.6) is 5.88 Å². The van der Waals surface area contributed by atoms with Crippen molar-refractivity contribution >= 4 is 52.4 Å². The number of carbonyl (C=O) groups is 1. The Kier molecular flexibility index (Phi) is 5.73. The number of aromatic carboxylic acids is 1. The van der Waals surface area contributed by atoms with E-state index in [9.17, 15) is 23.1 Å². The molecule has 2 aromatic carbocycles. The van der Waals surface area contributed by atoms with Gasteiger partial charge in [-0.25, -0.2) is 4.79 Å². The van der Waals surface area contributed by atoms with Gasteiger partial charge in [-0.05, 0) is 54.7 Å². The number of aromatic hydroxyl groups is 1. The van der Waals surface area contributed by atoms with Gasteiger partial charge in [-0.15, -0.1) is 0 Å². The zero-order valence-corrected chi connectivity index (χ0v) is 16.7. The fourth-order valence-electron chi connectivity index (χ4n) is 2.45. The van der Waals surface area contributed by atoms with E-state index in [-0.39, 0.29) is 31.0 Å². The SMILES string of the molecule is O=C(O)c1ccc(NC(=S)c2sc(=S)n(-c3cccc(C(F)(F)F)c3)c2O)cc1. The number of aromatic nitrogens is 1. The second-order valence-corrected chi connectivity index (χ2v) is 7.79. The van der Waals surface area contributed by atoms with Gasteiger partial charge < -0.3 is 15.5 Å². The molecular formula is C18H11F3N2O3S3. The second kappa shape index (κ2) is 7.93. The number of rotatable bonds is 4. The lowest BCUT2D eigenvalue weighted by Crippen LogP contribution is -2.10. The van der Waals surface area contributed by atoms with Gasteiger partial charge in [-0.1, -0.05) is 29.6 Å². The number of nitrogens with one attached hydrogen (secondary N) is 1. The first-order valence-corrected chi connectivity index (χ1v) is 9.48. The smallest absolute Gasteiger partial charge is 0.416 e. The predicted octanol–water partition coefficient (Wildman–Crippen LogP) is 5.48. The zero-order valence-electron chi connectivity index (χ0n) is 14.2. The van der Waals surface area contributed by atoms with Crippen molar-refractivity contribution in [1.82, 2.24) is 4.57 Å². The number of hydrogen-bond acceptors (Lipinski definition) is 5. The first-order valence-electron chi connectivity index (χ1n) is 7.85. The number of halogens is 3. The summed E-state index contributed by atoms with van der Waals surface area (Å²) < 4.78 is 40.1. The molecule has 1 aromatic heterocycles. The van der Waals surface area contributed by atoms with Gasteiger partial charge in [0.25, 0.3) is 0 Å². The Morgan fingerprint density at radius 3 is 2.38 bits per heavy atom. The van der Waals surface area contributed by atoms with Crippen LogP contribution >= 0.6 is 35.8 Å². The van der Waals surface area contributed by atoms with Crippen molar-refractivity contribution in [2.24, 2.45) is 0 Å². The maximum absolute atomic E-state index is 13.0. The molecule has 3 aromatic rings. The molecule has 0 saturated heterocycles. The van der Waals surface area contributed by atoms with Crippen molar-refractivity contribution in [3.63, 3.8) is 0 Å². The predicted molar refractivity (Wildman–Crippen MR) is 110 cm³/mol. The summed E-state index contributed by atoms with van der Waals surface area (Å²) in [4.78, 5) is 11.2. The maximum Gasteiger partial charge on any atom is 0.416 e. The average Bonchev–Trinajstić information content (AvgIpc) is 2.96. The number of anilines is 1. The Labute approximate surface area is 176 Å². The van der Waals surface area contributed by atoms with Crippen molar-refractivity contribution in [1.29, 1.82) is 0 Å². The minimum atomic E-state index is -4.54. The van der Waals surface area contributed by atoms with Crippen molar-refractivity contribution in [2.75, 3.05) is 5.32 Å². The molecule has 0 atom stereocenters. The molecule has 3 rings (SSSR count). The summed E-state index contributed by atoms with van der Waals surface area (Å²) >= 11 is 11.4. The summed E-state index contributed by atoms with van der Waals surface area (Å²) in [6.45, 7) is 0. The van der Waals surface area contributed by atoms with Crippen LogP contribution in [0, 0.1) is 3.95 Å². The van der Waals surface area contributed by atoms with Crippen molar-refractivity contribution < 1.29 is 28.2 Å². The average molecular weight is 456 g/mol. The molecule has 0 unspecified atom stereocenters. The maximum atomic E-state index is 13.0. The molecule has 3 N–H and O–H groups in total. The Morgan fingerprint density at radius 2 is 1.79 bits per heavy atom. The third-order valence-corrected chi connectivity index (χ3v) is 5.63. The first-order chi connectivity index (χ1) is 13.6. The summed E-state index contributed by atoms with van der Waals surface area (Å²) in [5, 5.41) is 22.3. The van der Waals surface area contributed by atoms with Crippen LogP contribution in [0.3, 0.4) is 0 Å². The van der Waals surface area contributed by atoms with E-state index in [1.54, 1.807) is 0 Å². The van der Waals surface area contributed by atoms with Gasteiger partial charge in [-0.2, -0.15) is 13.2 Å². The van der Waals surface area contributed by atoms with Crippen LogP contribution in [0.15, 0.2) is 48.5 Å². The molecular weight excluding hydrogens is 445 g/mol.